The Morgan fingerprint density at radius 2 is 1.95 bits per heavy atom. The van der Waals surface area contributed by atoms with Crippen molar-refractivity contribution < 1.29 is 41.1 Å². The molecule has 0 bridgehead atoms. The Labute approximate surface area is 211 Å². The van der Waals surface area contributed by atoms with Crippen molar-refractivity contribution in [2.24, 2.45) is 0 Å². The molecule has 4 rings (SSSR count). The minimum absolute atomic E-state index is 0.135. The van der Waals surface area contributed by atoms with Crippen LogP contribution in [0.4, 0.5) is 19.0 Å². The molecule has 14 heteroatoms. The summed E-state index contributed by atoms with van der Waals surface area (Å²) in [6, 6.07) is 5.01. The monoisotopic (exact) mass is 544 g/mol. The van der Waals surface area contributed by atoms with E-state index >= 15 is 0 Å². The lowest BCUT2D eigenvalue weighted by Crippen LogP contribution is -2.47. The maximum Gasteiger partial charge on any atom is 0.417 e. The molecule has 2 N–H and O–H groups in total. The Morgan fingerprint density at radius 3 is 2.49 bits per heavy atom. The van der Waals surface area contributed by atoms with E-state index in [1.807, 2.05) is 0 Å². The lowest BCUT2D eigenvalue weighted by atomic mass is 10.1. The lowest BCUT2D eigenvalue weighted by molar-refractivity contribution is -0.196. The Hall–Kier alpha value is -2.94. The van der Waals surface area contributed by atoms with E-state index in [2.05, 4.69) is 10.3 Å². The number of hydroxylamine groups is 2. The normalized spacial score (nSPS) is 23.0. The van der Waals surface area contributed by atoms with Crippen molar-refractivity contribution in [2.75, 3.05) is 30.9 Å². The number of carboxylic acids is 1. The topological polar surface area (TPSA) is 121 Å². The van der Waals surface area contributed by atoms with Gasteiger partial charge in [0.15, 0.2) is 9.84 Å². The molecule has 0 saturated carbocycles. The molecule has 2 fully saturated rings. The van der Waals surface area contributed by atoms with Crippen LogP contribution in [0.25, 0.3) is 0 Å². The number of hydrogen-bond acceptors (Lipinski definition) is 9. The summed E-state index contributed by atoms with van der Waals surface area (Å²) in [6.45, 7) is 3.98. The summed E-state index contributed by atoms with van der Waals surface area (Å²) in [5.74, 6) is -0.918. The third-order valence-electron chi connectivity index (χ3n) is 6.38. The first-order valence-electron chi connectivity index (χ1n) is 11.4. The van der Waals surface area contributed by atoms with Gasteiger partial charge in [0.2, 0.25) is 6.23 Å². The van der Waals surface area contributed by atoms with Crippen LogP contribution in [0.1, 0.15) is 23.1 Å². The molecule has 202 valence electrons. The van der Waals surface area contributed by atoms with Gasteiger partial charge < -0.3 is 14.7 Å². The number of anilines is 1. The molecule has 0 amide bonds. The molecule has 37 heavy (non-hydrogen) atoms. The van der Waals surface area contributed by atoms with E-state index in [1.165, 1.54) is 18.2 Å². The van der Waals surface area contributed by atoms with Crippen LogP contribution in [-0.4, -0.2) is 73.9 Å². The zero-order chi connectivity index (χ0) is 27.1. The fourth-order valence-electron chi connectivity index (χ4n) is 4.76. The molecule has 1 aromatic carbocycles. The number of rotatable bonds is 7. The summed E-state index contributed by atoms with van der Waals surface area (Å²) in [6.07, 6.45) is -5.71. The lowest BCUT2D eigenvalue weighted by Gasteiger charge is -2.28. The van der Waals surface area contributed by atoms with Crippen LogP contribution < -0.4 is 15.0 Å². The summed E-state index contributed by atoms with van der Waals surface area (Å²) in [5, 5.41) is 13.6. The molecular weight excluding hydrogens is 517 g/mol. The third-order valence-corrected chi connectivity index (χ3v) is 8.40. The van der Waals surface area contributed by atoms with Crippen LogP contribution in [0.2, 0.25) is 0 Å². The number of halogens is 3. The second kappa shape index (κ2) is 10.1. The van der Waals surface area contributed by atoms with Crippen molar-refractivity contribution in [1.82, 2.24) is 15.4 Å². The van der Waals surface area contributed by atoms with Gasteiger partial charge in [0, 0.05) is 19.3 Å². The number of carboxylic acid groups (broad SMARTS) is 1. The van der Waals surface area contributed by atoms with Crippen LogP contribution in [0, 0.1) is 13.8 Å². The van der Waals surface area contributed by atoms with Crippen molar-refractivity contribution in [2.45, 2.75) is 49.8 Å². The number of aryl methyl sites for hydroxylation is 2. The standard InChI is InChI=1S/C23H27F3N4O6S/c1-13-8-17(35-3)9-14(2)20(13)37(33,34)12-19-28-21(22(31)32)36-30(19)16-6-7-29(11-16)18-5-4-15(10-27-18)23(24,25)26/h4-5,8-10,16,19,21,28H,6-7,11-12H2,1-3H3,(H,31,32). The molecular formula is C23H27F3N4O6S. The van der Waals surface area contributed by atoms with Crippen molar-refractivity contribution in [3.8, 4) is 5.75 Å². The first-order valence-corrected chi connectivity index (χ1v) is 13.1. The number of benzene rings is 1. The van der Waals surface area contributed by atoms with Crippen molar-refractivity contribution in [3.63, 3.8) is 0 Å². The second-order valence-corrected chi connectivity index (χ2v) is 11.0. The summed E-state index contributed by atoms with van der Waals surface area (Å²) >= 11 is 0. The molecule has 2 saturated heterocycles. The Kier molecular flexibility index (Phi) is 7.38. The van der Waals surface area contributed by atoms with Crippen molar-refractivity contribution in [1.29, 1.82) is 0 Å². The molecule has 2 aliphatic rings. The van der Waals surface area contributed by atoms with E-state index in [4.69, 9.17) is 9.57 Å². The maximum atomic E-state index is 13.4. The Bertz CT molecular complexity index is 1250. The van der Waals surface area contributed by atoms with Crippen LogP contribution in [-0.2, 0) is 25.6 Å². The van der Waals surface area contributed by atoms with Gasteiger partial charge >= 0.3 is 12.1 Å². The minimum Gasteiger partial charge on any atom is -0.497 e. The number of hydrogen-bond donors (Lipinski definition) is 2. The highest BCUT2D eigenvalue weighted by molar-refractivity contribution is 7.91. The number of carbonyl (C=O) groups is 1. The quantitative estimate of drug-likeness (QED) is 0.537. The molecule has 2 aliphatic heterocycles. The SMILES string of the molecule is COc1cc(C)c(S(=O)(=O)CC2NC(C(=O)O)ON2C2CCN(c3ccc(C(F)(F)F)cn3)C2)c(C)c1. The smallest absolute Gasteiger partial charge is 0.417 e. The van der Waals surface area contributed by atoms with E-state index in [-0.39, 0.29) is 11.4 Å². The van der Waals surface area contributed by atoms with Crippen molar-refractivity contribution in [3.05, 3.63) is 47.2 Å². The zero-order valence-corrected chi connectivity index (χ0v) is 21.1. The number of sulfone groups is 1. The van der Waals surface area contributed by atoms with Gasteiger partial charge in [0.05, 0.1) is 29.4 Å². The van der Waals surface area contributed by atoms with Crippen molar-refractivity contribution >= 4 is 21.6 Å². The van der Waals surface area contributed by atoms with Crippen LogP contribution in [0.3, 0.4) is 0 Å². The summed E-state index contributed by atoms with van der Waals surface area (Å²) in [4.78, 5) is 23.0. The molecule has 3 unspecified atom stereocenters. The highest BCUT2D eigenvalue weighted by Gasteiger charge is 2.45. The number of nitrogens with one attached hydrogen (secondary N) is 1. The predicted octanol–water partition coefficient (Wildman–Crippen LogP) is 2.35. The average molecular weight is 545 g/mol. The highest BCUT2D eigenvalue weighted by Crippen LogP contribution is 2.32. The number of nitrogens with zero attached hydrogens (tertiary/aromatic N) is 3. The van der Waals surface area contributed by atoms with E-state index in [0.717, 1.165) is 12.3 Å². The number of methoxy groups -OCH3 is 1. The molecule has 2 aromatic rings. The molecule has 1 aromatic heterocycles. The largest absolute Gasteiger partial charge is 0.497 e. The average Bonchev–Trinajstić information content (AvgIpc) is 3.45. The van der Waals surface area contributed by atoms with Gasteiger partial charge in [0.1, 0.15) is 17.7 Å². The third kappa shape index (κ3) is 5.66. The van der Waals surface area contributed by atoms with Gasteiger partial charge in [-0.15, -0.1) is 0 Å². The number of ether oxygens (including phenoxy) is 1. The zero-order valence-electron chi connectivity index (χ0n) is 20.3. The first-order chi connectivity index (χ1) is 17.3. The summed E-state index contributed by atoms with van der Waals surface area (Å²) in [5.41, 5.74) is 0.132. The molecule has 0 radical (unpaired) electrons. The molecule has 3 atom stereocenters. The molecule has 10 nitrogen and oxygen atoms in total. The van der Waals surface area contributed by atoms with Crippen LogP contribution in [0.15, 0.2) is 35.4 Å². The van der Waals surface area contributed by atoms with Crippen LogP contribution >= 0.6 is 0 Å². The van der Waals surface area contributed by atoms with Gasteiger partial charge in [-0.3, -0.25) is 10.2 Å². The van der Waals surface area contributed by atoms with E-state index in [1.54, 1.807) is 30.9 Å². The fraction of sp³-hybridized carbons (Fsp3) is 0.478. The first kappa shape index (κ1) is 27.1. The predicted molar refractivity (Wildman–Crippen MR) is 126 cm³/mol. The highest BCUT2D eigenvalue weighted by atomic mass is 32.2. The van der Waals surface area contributed by atoms with Gasteiger partial charge in [-0.05, 0) is 55.7 Å². The number of aromatic nitrogens is 1. The molecule has 0 spiro atoms. The van der Waals surface area contributed by atoms with Gasteiger partial charge in [-0.25, -0.2) is 18.2 Å². The minimum atomic E-state index is -4.50. The Morgan fingerprint density at radius 1 is 1.27 bits per heavy atom. The summed E-state index contributed by atoms with van der Waals surface area (Å²) < 4.78 is 70.7. The summed E-state index contributed by atoms with van der Waals surface area (Å²) in [7, 11) is -2.41. The van der Waals surface area contributed by atoms with Crippen LogP contribution in [0.5, 0.6) is 5.75 Å². The van der Waals surface area contributed by atoms with E-state index in [9.17, 15) is 31.5 Å². The van der Waals surface area contributed by atoms with E-state index < -0.39 is 51.7 Å². The molecule has 0 aliphatic carbocycles. The Balaban J connectivity index is 1.54. The van der Waals surface area contributed by atoms with Gasteiger partial charge in [-0.2, -0.15) is 18.2 Å². The fourth-order valence-corrected chi connectivity index (χ4v) is 6.69. The van der Waals surface area contributed by atoms with Gasteiger partial charge in [0.25, 0.3) is 0 Å². The van der Waals surface area contributed by atoms with Gasteiger partial charge in [-0.1, -0.05) is 0 Å². The maximum absolute atomic E-state index is 13.4. The number of aliphatic carboxylic acids is 1. The number of alkyl halides is 3. The van der Waals surface area contributed by atoms with E-state index in [0.29, 0.717) is 35.7 Å². The number of pyridine rings is 1. The molecule has 3 heterocycles. The second-order valence-electron chi connectivity index (χ2n) is 9.03.